The molecule has 1 aliphatic heterocycles. The van der Waals surface area contributed by atoms with Gasteiger partial charge in [0.2, 0.25) is 21.9 Å². The molecule has 13 nitrogen and oxygen atoms in total. The molecule has 214 valence electrons. The van der Waals surface area contributed by atoms with Gasteiger partial charge in [-0.25, -0.2) is 18.1 Å². The van der Waals surface area contributed by atoms with Crippen molar-refractivity contribution in [3.63, 3.8) is 0 Å². The van der Waals surface area contributed by atoms with Crippen molar-refractivity contribution in [2.45, 2.75) is 43.9 Å². The van der Waals surface area contributed by atoms with Crippen molar-refractivity contribution < 1.29 is 28.2 Å². The maximum atomic E-state index is 13.4. The van der Waals surface area contributed by atoms with Gasteiger partial charge in [-0.2, -0.15) is 4.98 Å². The number of carbonyl (C=O) groups is 1. The fourth-order valence-corrected chi connectivity index (χ4v) is 6.49. The first kappa shape index (κ1) is 27.2. The highest BCUT2D eigenvalue weighted by Crippen LogP contribution is 2.48. The molecule has 0 bridgehead atoms. The highest BCUT2D eigenvalue weighted by Gasteiger charge is 2.42. The number of aliphatic hydroxyl groups excluding tert-OH is 2. The Bertz CT molecular complexity index is 1820. The molecule has 0 saturated carbocycles. The molecule has 0 unspecified atom stereocenters. The standard InChI is InChI=1S/C27H28N6O7S/c1-14(35)33(27-29-25-23(26(37)30-27)28-13-32(25)21-11-19(36)20(12-34)40-21)24-18-10-6-4-8-16(18)15-7-3-5-9-17(15)22(24)31-41(2,38)39/h3-10,13,19-22,24,31,34,36H,11-12H2,1-2H3,(H,29,30,37)/t19-,20+,21+,22-,24-/m0/s1. The number of fused-ring (bicyclic) bond motifs is 4. The van der Waals surface area contributed by atoms with E-state index in [1.54, 1.807) is 18.2 Å². The first-order chi connectivity index (χ1) is 19.6. The summed E-state index contributed by atoms with van der Waals surface area (Å²) in [6.45, 7) is 0.920. The number of rotatable bonds is 6. The summed E-state index contributed by atoms with van der Waals surface area (Å²) >= 11 is 0. The summed E-state index contributed by atoms with van der Waals surface area (Å²) in [6, 6.07) is 12.9. The number of hydrogen-bond acceptors (Lipinski definition) is 9. The third kappa shape index (κ3) is 4.73. The molecule has 2 aromatic heterocycles. The minimum absolute atomic E-state index is 0.0111. The van der Waals surface area contributed by atoms with Gasteiger partial charge in [-0.05, 0) is 22.3 Å². The molecule has 5 atom stereocenters. The van der Waals surface area contributed by atoms with E-state index in [0.29, 0.717) is 11.1 Å². The van der Waals surface area contributed by atoms with Crippen LogP contribution < -0.4 is 15.2 Å². The molecule has 4 aromatic rings. The van der Waals surface area contributed by atoms with Crippen LogP contribution in [0.1, 0.15) is 42.8 Å². The van der Waals surface area contributed by atoms with E-state index in [1.807, 2.05) is 30.3 Å². The smallest absolute Gasteiger partial charge is 0.280 e. The Hall–Kier alpha value is -3.95. The Morgan fingerprint density at radius 3 is 2.46 bits per heavy atom. The molecule has 2 aromatic carbocycles. The quantitative estimate of drug-likeness (QED) is 0.260. The van der Waals surface area contributed by atoms with E-state index in [-0.39, 0.29) is 30.1 Å². The topological polar surface area (TPSA) is 180 Å². The van der Waals surface area contributed by atoms with Crippen LogP contribution in [0.25, 0.3) is 22.3 Å². The zero-order valence-corrected chi connectivity index (χ0v) is 22.9. The number of hydrogen-bond donors (Lipinski definition) is 4. The maximum Gasteiger partial charge on any atom is 0.280 e. The first-order valence-electron chi connectivity index (χ1n) is 12.9. The summed E-state index contributed by atoms with van der Waals surface area (Å²) < 4.78 is 35.1. The lowest BCUT2D eigenvalue weighted by atomic mass is 9.79. The minimum atomic E-state index is -3.76. The Balaban J connectivity index is 1.54. The molecule has 0 radical (unpaired) electrons. The number of aromatic nitrogens is 4. The van der Waals surface area contributed by atoms with Gasteiger partial charge in [0.25, 0.3) is 5.56 Å². The minimum Gasteiger partial charge on any atom is -0.394 e. The van der Waals surface area contributed by atoms with Crippen molar-refractivity contribution in [3.05, 3.63) is 76.3 Å². The third-order valence-corrected chi connectivity index (χ3v) is 8.16. The number of sulfonamides is 1. The second-order valence-corrected chi connectivity index (χ2v) is 12.0. The number of aromatic amines is 1. The van der Waals surface area contributed by atoms with Gasteiger partial charge in [-0.15, -0.1) is 0 Å². The van der Waals surface area contributed by atoms with E-state index in [1.165, 1.54) is 22.7 Å². The Morgan fingerprint density at radius 1 is 1.17 bits per heavy atom. The summed E-state index contributed by atoms with van der Waals surface area (Å²) in [7, 11) is -3.76. The first-order valence-corrected chi connectivity index (χ1v) is 14.8. The van der Waals surface area contributed by atoms with Gasteiger partial charge in [0.15, 0.2) is 11.2 Å². The third-order valence-electron chi connectivity index (χ3n) is 7.48. The number of ether oxygens (including phenoxy) is 1. The summed E-state index contributed by atoms with van der Waals surface area (Å²) in [5.41, 5.74) is 2.41. The van der Waals surface area contributed by atoms with Crippen molar-refractivity contribution in [3.8, 4) is 11.1 Å². The zero-order chi connectivity index (χ0) is 29.1. The Morgan fingerprint density at radius 2 is 1.83 bits per heavy atom. The van der Waals surface area contributed by atoms with Gasteiger partial charge in [-0.1, -0.05) is 48.5 Å². The lowest BCUT2D eigenvalue weighted by molar-refractivity contribution is -0.117. The summed E-state index contributed by atoms with van der Waals surface area (Å²) in [5, 5.41) is 19.8. The van der Waals surface area contributed by atoms with Crippen LogP contribution >= 0.6 is 0 Å². The van der Waals surface area contributed by atoms with Crippen LogP contribution in [0, 0.1) is 0 Å². The monoisotopic (exact) mass is 580 g/mol. The zero-order valence-electron chi connectivity index (χ0n) is 22.1. The number of benzene rings is 2. The Kier molecular flexibility index (Phi) is 6.74. The molecule has 2 aliphatic rings. The summed E-state index contributed by atoms with van der Waals surface area (Å²) in [5.74, 6) is -0.612. The van der Waals surface area contributed by atoms with Crippen molar-refractivity contribution in [2.75, 3.05) is 17.8 Å². The molecule has 6 rings (SSSR count). The number of imidazole rings is 1. The number of H-pyrrole nitrogens is 1. The summed E-state index contributed by atoms with van der Waals surface area (Å²) in [4.78, 5) is 39.3. The summed E-state index contributed by atoms with van der Waals surface area (Å²) in [6.07, 6.45) is 0.0255. The van der Waals surface area contributed by atoms with Crippen molar-refractivity contribution in [1.82, 2.24) is 24.2 Å². The average Bonchev–Trinajstić information content (AvgIpc) is 3.52. The largest absolute Gasteiger partial charge is 0.394 e. The van der Waals surface area contributed by atoms with Crippen LogP contribution in [0.15, 0.2) is 59.7 Å². The number of aliphatic hydroxyl groups is 2. The number of amides is 1. The SMILES string of the molecule is CC(=O)N(c1nc2c(ncn2[C@H]2C[C@H](O)[C@@H](CO)O2)c(=O)[nH]1)[C@H]1c2ccccc2-c2ccccc2[C@@H]1NS(C)(=O)=O. The highest BCUT2D eigenvalue weighted by molar-refractivity contribution is 7.88. The van der Waals surface area contributed by atoms with E-state index in [4.69, 9.17) is 4.74 Å². The van der Waals surface area contributed by atoms with E-state index < -0.39 is 52.0 Å². The van der Waals surface area contributed by atoms with Crippen LogP contribution in [-0.4, -0.2) is 69.1 Å². The van der Waals surface area contributed by atoms with Crippen LogP contribution in [0.4, 0.5) is 5.95 Å². The molecule has 1 amide bonds. The fourth-order valence-electron chi connectivity index (χ4n) is 5.78. The number of carbonyl (C=O) groups excluding carboxylic acids is 1. The molecule has 0 spiro atoms. The van der Waals surface area contributed by atoms with Crippen molar-refractivity contribution in [1.29, 1.82) is 0 Å². The fraction of sp³-hybridized carbons (Fsp3) is 0.333. The highest BCUT2D eigenvalue weighted by atomic mass is 32.2. The second kappa shape index (κ2) is 10.2. The number of nitrogens with one attached hydrogen (secondary N) is 2. The molecule has 1 saturated heterocycles. The van der Waals surface area contributed by atoms with Gasteiger partial charge in [-0.3, -0.25) is 24.0 Å². The van der Waals surface area contributed by atoms with Crippen molar-refractivity contribution in [2.24, 2.45) is 0 Å². The van der Waals surface area contributed by atoms with Crippen LogP contribution in [-0.2, 0) is 19.6 Å². The van der Waals surface area contributed by atoms with Crippen LogP contribution in [0.2, 0.25) is 0 Å². The molecule has 1 aliphatic carbocycles. The van der Waals surface area contributed by atoms with E-state index in [9.17, 15) is 28.2 Å². The molecule has 3 heterocycles. The van der Waals surface area contributed by atoms with E-state index in [0.717, 1.165) is 17.4 Å². The average molecular weight is 581 g/mol. The molecule has 4 N–H and O–H groups in total. The normalized spacial score (nSPS) is 23.8. The molecule has 41 heavy (non-hydrogen) atoms. The number of nitrogens with zero attached hydrogens (tertiary/aromatic N) is 4. The molecular weight excluding hydrogens is 552 g/mol. The van der Waals surface area contributed by atoms with Crippen LogP contribution in [0.3, 0.4) is 0 Å². The lowest BCUT2D eigenvalue weighted by Crippen LogP contribution is -2.45. The second-order valence-electron chi connectivity index (χ2n) is 10.2. The van der Waals surface area contributed by atoms with Gasteiger partial charge in [0.1, 0.15) is 12.3 Å². The maximum absolute atomic E-state index is 13.4. The molecule has 1 fully saturated rings. The van der Waals surface area contributed by atoms with Gasteiger partial charge in [0.05, 0.1) is 37.4 Å². The molecule has 14 heteroatoms. The lowest BCUT2D eigenvalue weighted by Gasteiger charge is -2.40. The predicted octanol–water partition coefficient (Wildman–Crippen LogP) is 1.13. The van der Waals surface area contributed by atoms with Crippen LogP contribution in [0.5, 0.6) is 0 Å². The van der Waals surface area contributed by atoms with Gasteiger partial charge >= 0.3 is 0 Å². The van der Waals surface area contributed by atoms with Gasteiger partial charge in [0, 0.05) is 13.3 Å². The molecular formula is C27H28N6O7S. The van der Waals surface area contributed by atoms with E-state index in [2.05, 4.69) is 19.7 Å². The predicted molar refractivity (Wildman–Crippen MR) is 148 cm³/mol. The van der Waals surface area contributed by atoms with Crippen molar-refractivity contribution >= 4 is 33.0 Å². The number of anilines is 1. The van der Waals surface area contributed by atoms with Gasteiger partial charge < -0.3 is 14.9 Å². The Labute approximate surface area is 234 Å². The van der Waals surface area contributed by atoms with E-state index >= 15 is 0 Å².